The average molecular weight is 356 g/mol. The highest BCUT2D eigenvalue weighted by molar-refractivity contribution is 5.61. The lowest BCUT2D eigenvalue weighted by atomic mass is 10.3. The van der Waals surface area contributed by atoms with Gasteiger partial charge in [-0.05, 0) is 50.2 Å². The van der Waals surface area contributed by atoms with Crippen molar-refractivity contribution in [1.82, 2.24) is 9.97 Å². The molecule has 0 amide bonds. The maximum Gasteiger partial charge on any atom is 0.229 e. The second kappa shape index (κ2) is 7.77. The topological polar surface area (TPSA) is 59.1 Å². The number of benzene rings is 2. The molecule has 7 heteroatoms. The number of aromatic nitrogens is 2. The molecule has 2 aromatic carbocycles. The van der Waals surface area contributed by atoms with Crippen LogP contribution in [0.15, 0.2) is 48.5 Å². The highest BCUT2D eigenvalue weighted by Crippen LogP contribution is 2.24. The van der Waals surface area contributed by atoms with Crippen LogP contribution in [0.25, 0.3) is 0 Å². The van der Waals surface area contributed by atoms with Gasteiger partial charge in [-0.15, -0.1) is 0 Å². The van der Waals surface area contributed by atoms with E-state index in [-0.39, 0.29) is 11.5 Å². The van der Waals surface area contributed by atoms with Gasteiger partial charge in [0.1, 0.15) is 28.9 Å². The maximum atomic E-state index is 13.8. The van der Waals surface area contributed by atoms with E-state index >= 15 is 0 Å². The van der Waals surface area contributed by atoms with E-state index < -0.39 is 11.6 Å². The largest absolute Gasteiger partial charge is 0.494 e. The number of nitrogens with one attached hydrogen (secondary N) is 2. The van der Waals surface area contributed by atoms with Gasteiger partial charge in [-0.25, -0.2) is 13.8 Å². The molecule has 1 aromatic heterocycles. The van der Waals surface area contributed by atoms with Gasteiger partial charge in [0.2, 0.25) is 5.95 Å². The SMILES string of the molecule is CCOc1ccc(Nc2nc(C)cc(Nc3c(F)cccc3F)n2)cc1. The number of anilines is 4. The summed E-state index contributed by atoms with van der Waals surface area (Å²) in [4.78, 5) is 8.56. The average Bonchev–Trinajstić information content (AvgIpc) is 2.60. The second-order valence-electron chi connectivity index (χ2n) is 5.52. The smallest absolute Gasteiger partial charge is 0.229 e. The first-order valence-corrected chi connectivity index (χ1v) is 8.12. The van der Waals surface area contributed by atoms with Crippen LogP contribution >= 0.6 is 0 Å². The van der Waals surface area contributed by atoms with Crippen molar-refractivity contribution in [3.63, 3.8) is 0 Å². The van der Waals surface area contributed by atoms with E-state index in [2.05, 4.69) is 20.6 Å². The number of aryl methyl sites for hydroxylation is 1. The summed E-state index contributed by atoms with van der Waals surface area (Å²) in [6, 6.07) is 12.6. The lowest BCUT2D eigenvalue weighted by Gasteiger charge is -2.11. The van der Waals surface area contributed by atoms with Crippen molar-refractivity contribution in [2.24, 2.45) is 0 Å². The van der Waals surface area contributed by atoms with Crippen LogP contribution in [0.3, 0.4) is 0 Å². The molecule has 0 fully saturated rings. The Balaban J connectivity index is 1.81. The minimum atomic E-state index is -0.692. The molecular weight excluding hydrogens is 338 g/mol. The zero-order valence-electron chi connectivity index (χ0n) is 14.4. The zero-order valence-corrected chi connectivity index (χ0v) is 14.4. The fourth-order valence-corrected chi connectivity index (χ4v) is 2.36. The first kappa shape index (κ1) is 17.6. The monoisotopic (exact) mass is 356 g/mol. The summed E-state index contributed by atoms with van der Waals surface area (Å²) < 4.78 is 33.0. The summed E-state index contributed by atoms with van der Waals surface area (Å²) in [6.07, 6.45) is 0. The number of halogens is 2. The van der Waals surface area contributed by atoms with E-state index in [4.69, 9.17) is 4.74 Å². The van der Waals surface area contributed by atoms with Gasteiger partial charge in [-0.3, -0.25) is 0 Å². The predicted octanol–water partition coefficient (Wildman–Crippen LogP) is 4.95. The molecule has 0 radical (unpaired) electrons. The molecule has 0 aliphatic carbocycles. The lowest BCUT2D eigenvalue weighted by molar-refractivity contribution is 0.340. The number of hydrogen-bond acceptors (Lipinski definition) is 5. The zero-order chi connectivity index (χ0) is 18.5. The second-order valence-corrected chi connectivity index (χ2v) is 5.52. The van der Waals surface area contributed by atoms with Crippen LogP contribution < -0.4 is 15.4 Å². The Bertz CT molecular complexity index is 880. The molecule has 3 rings (SSSR count). The van der Waals surface area contributed by atoms with Crippen LogP contribution in [0.1, 0.15) is 12.6 Å². The number of ether oxygens (including phenoxy) is 1. The van der Waals surface area contributed by atoms with Crippen molar-refractivity contribution in [2.45, 2.75) is 13.8 Å². The van der Waals surface area contributed by atoms with Gasteiger partial charge in [0, 0.05) is 17.4 Å². The van der Waals surface area contributed by atoms with E-state index in [9.17, 15) is 8.78 Å². The minimum absolute atomic E-state index is 0.252. The Labute approximate surface area is 150 Å². The van der Waals surface area contributed by atoms with Crippen molar-refractivity contribution >= 4 is 23.1 Å². The van der Waals surface area contributed by atoms with Gasteiger partial charge in [0.05, 0.1) is 6.61 Å². The van der Waals surface area contributed by atoms with Crippen molar-refractivity contribution in [3.05, 3.63) is 65.9 Å². The molecule has 0 unspecified atom stereocenters. The Hall–Kier alpha value is -3.22. The number of nitrogens with zero attached hydrogens (tertiary/aromatic N) is 2. The summed E-state index contributed by atoms with van der Waals surface area (Å²) in [5, 5.41) is 5.74. The van der Waals surface area contributed by atoms with Crippen molar-refractivity contribution in [3.8, 4) is 5.75 Å². The van der Waals surface area contributed by atoms with Gasteiger partial charge in [0.25, 0.3) is 0 Å². The lowest BCUT2D eigenvalue weighted by Crippen LogP contribution is -2.04. The van der Waals surface area contributed by atoms with Crippen molar-refractivity contribution < 1.29 is 13.5 Å². The Morgan fingerprint density at radius 1 is 0.962 bits per heavy atom. The minimum Gasteiger partial charge on any atom is -0.494 e. The van der Waals surface area contributed by atoms with Crippen molar-refractivity contribution in [2.75, 3.05) is 17.2 Å². The molecule has 0 saturated carbocycles. The standard InChI is InChI=1S/C19H18F2N4O/c1-3-26-14-9-7-13(8-10-14)23-19-22-12(2)11-17(25-19)24-18-15(20)5-4-6-16(18)21/h4-11H,3H2,1-2H3,(H2,22,23,24,25). The molecule has 0 atom stereocenters. The third-order valence-corrected chi connectivity index (χ3v) is 3.49. The van der Waals surface area contributed by atoms with E-state index in [1.165, 1.54) is 18.2 Å². The third kappa shape index (κ3) is 4.24. The van der Waals surface area contributed by atoms with Gasteiger partial charge in [-0.1, -0.05) is 6.07 Å². The quantitative estimate of drug-likeness (QED) is 0.654. The van der Waals surface area contributed by atoms with E-state index in [1.54, 1.807) is 13.0 Å². The van der Waals surface area contributed by atoms with Crippen LogP contribution in [0.2, 0.25) is 0 Å². The highest BCUT2D eigenvalue weighted by atomic mass is 19.1. The van der Waals surface area contributed by atoms with Gasteiger partial charge < -0.3 is 15.4 Å². The van der Waals surface area contributed by atoms with Crippen LogP contribution in [0.4, 0.5) is 31.9 Å². The van der Waals surface area contributed by atoms with Crippen molar-refractivity contribution in [1.29, 1.82) is 0 Å². The van der Waals surface area contributed by atoms with E-state index in [1.807, 2.05) is 31.2 Å². The van der Waals surface area contributed by atoms with Crippen LogP contribution in [0, 0.1) is 18.6 Å². The first-order chi connectivity index (χ1) is 12.5. The number of rotatable bonds is 6. The summed E-state index contributed by atoms with van der Waals surface area (Å²) in [5.74, 6) is -0.0199. The molecule has 3 aromatic rings. The fraction of sp³-hybridized carbons (Fsp3) is 0.158. The van der Waals surface area contributed by atoms with Crippen LogP contribution in [-0.2, 0) is 0 Å². The van der Waals surface area contributed by atoms with Gasteiger partial charge in [-0.2, -0.15) is 4.98 Å². The summed E-state index contributed by atoms with van der Waals surface area (Å²) in [5.41, 5.74) is 1.16. The molecule has 0 aliphatic rings. The first-order valence-electron chi connectivity index (χ1n) is 8.12. The third-order valence-electron chi connectivity index (χ3n) is 3.49. The van der Waals surface area contributed by atoms with E-state index in [0.717, 1.165) is 11.4 Å². The molecule has 26 heavy (non-hydrogen) atoms. The molecule has 134 valence electrons. The molecule has 0 bridgehead atoms. The predicted molar refractivity (Wildman–Crippen MR) is 97.3 cm³/mol. The van der Waals surface area contributed by atoms with Crippen LogP contribution in [-0.4, -0.2) is 16.6 Å². The Morgan fingerprint density at radius 3 is 2.31 bits per heavy atom. The van der Waals surface area contributed by atoms with E-state index in [0.29, 0.717) is 18.2 Å². The van der Waals surface area contributed by atoms with Gasteiger partial charge >= 0.3 is 0 Å². The summed E-state index contributed by atoms with van der Waals surface area (Å²) in [6.45, 7) is 4.28. The molecular formula is C19H18F2N4O. The molecule has 2 N–H and O–H groups in total. The molecule has 0 saturated heterocycles. The Morgan fingerprint density at radius 2 is 1.65 bits per heavy atom. The maximum absolute atomic E-state index is 13.8. The van der Waals surface area contributed by atoms with Gasteiger partial charge in [0.15, 0.2) is 0 Å². The molecule has 1 heterocycles. The fourth-order valence-electron chi connectivity index (χ4n) is 2.36. The normalized spacial score (nSPS) is 10.5. The Kier molecular flexibility index (Phi) is 5.26. The van der Waals surface area contributed by atoms with Crippen LogP contribution in [0.5, 0.6) is 5.75 Å². The molecule has 5 nitrogen and oxygen atoms in total. The summed E-state index contributed by atoms with van der Waals surface area (Å²) >= 11 is 0. The summed E-state index contributed by atoms with van der Waals surface area (Å²) in [7, 11) is 0. The highest BCUT2D eigenvalue weighted by Gasteiger charge is 2.10. The number of para-hydroxylation sites is 1. The molecule has 0 aliphatic heterocycles. The number of hydrogen-bond donors (Lipinski definition) is 2. The molecule has 0 spiro atoms.